The Labute approximate surface area is 172 Å². The van der Waals surface area contributed by atoms with Gasteiger partial charge in [-0.2, -0.15) is 11.8 Å². The first-order valence-corrected chi connectivity index (χ1v) is 11.1. The topological polar surface area (TPSA) is 77.8 Å². The molecule has 1 fully saturated rings. The summed E-state index contributed by atoms with van der Waals surface area (Å²) in [5.41, 5.74) is 1.55. The van der Waals surface area contributed by atoms with E-state index in [4.69, 9.17) is 10.2 Å². The van der Waals surface area contributed by atoms with Crippen molar-refractivity contribution in [1.29, 1.82) is 0 Å². The minimum atomic E-state index is -1.26. The number of carboxylic acids is 2. The van der Waals surface area contributed by atoms with E-state index in [1.807, 2.05) is 0 Å². The minimum Gasteiger partial charge on any atom is -0.478 e. The van der Waals surface area contributed by atoms with Crippen molar-refractivity contribution in [2.45, 2.75) is 50.7 Å². The summed E-state index contributed by atoms with van der Waals surface area (Å²) < 4.78 is 0. The Morgan fingerprint density at radius 2 is 1.71 bits per heavy atom. The molecule has 5 nitrogen and oxygen atoms in total. The Bertz CT molecular complexity index is 580. The molecule has 0 aliphatic carbocycles. The van der Waals surface area contributed by atoms with E-state index in [1.165, 1.54) is 51.1 Å². The van der Waals surface area contributed by atoms with Crippen LogP contribution in [-0.2, 0) is 9.59 Å². The molecule has 1 saturated heterocycles. The Morgan fingerprint density at radius 1 is 1.11 bits per heavy atom. The van der Waals surface area contributed by atoms with Crippen LogP contribution in [-0.4, -0.2) is 57.7 Å². The summed E-state index contributed by atoms with van der Waals surface area (Å²) in [5, 5.41) is 16.5. The van der Waals surface area contributed by atoms with Gasteiger partial charge in [0, 0.05) is 17.4 Å². The lowest BCUT2D eigenvalue weighted by atomic mass is 9.89. The fraction of sp³-hybridized carbons (Fsp3) is 0.545. The SMILES string of the molecule is CCN(CC)CCC(c1ccccc1)C1CCCCS1.O=C(O)/C=C/C(=O)O. The van der Waals surface area contributed by atoms with Crippen LogP contribution in [0.5, 0.6) is 0 Å². The normalized spacial score (nSPS) is 17.8. The van der Waals surface area contributed by atoms with Crippen LogP contribution in [0.4, 0.5) is 0 Å². The summed E-state index contributed by atoms with van der Waals surface area (Å²) in [6.07, 6.45) is 6.67. The van der Waals surface area contributed by atoms with E-state index in [9.17, 15) is 9.59 Å². The van der Waals surface area contributed by atoms with Crippen LogP contribution >= 0.6 is 11.8 Å². The maximum atomic E-state index is 9.55. The molecule has 1 aromatic rings. The molecule has 0 amide bonds. The maximum absolute atomic E-state index is 9.55. The van der Waals surface area contributed by atoms with Gasteiger partial charge in [-0.3, -0.25) is 0 Å². The van der Waals surface area contributed by atoms with E-state index in [0.717, 1.165) is 11.2 Å². The van der Waals surface area contributed by atoms with Gasteiger partial charge in [-0.1, -0.05) is 50.6 Å². The van der Waals surface area contributed by atoms with Gasteiger partial charge in [0.25, 0.3) is 0 Å². The van der Waals surface area contributed by atoms with Crippen LogP contribution in [0.1, 0.15) is 51.0 Å². The number of carbonyl (C=O) groups is 2. The standard InChI is InChI=1S/C18H29NS.C4H4O4/c1-3-19(4-2)14-13-17(16-10-6-5-7-11-16)18-12-8-9-15-20-18;5-3(6)1-2-4(7)8/h5-7,10-11,17-18H,3-4,8-9,12-15H2,1-2H3;1-2H,(H,5,6)(H,7,8)/b;2-1+. The van der Waals surface area contributed by atoms with Crippen molar-refractivity contribution in [3.05, 3.63) is 48.0 Å². The third-order valence-electron chi connectivity index (χ3n) is 4.91. The minimum absolute atomic E-state index is 0.558. The number of thioether (sulfide) groups is 1. The molecule has 28 heavy (non-hydrogen) atoms. The van der Waals surface area contributed by atoms with Crippen molar-refractivity contribution in [3.63, 3.8) is 0 Å². The van der Waals surface area contributed by atoms with Crippen LogP contribution in [0, 0.1) is 0 Å². The number of carboxylic acid groups (broad SMARTS) is 2. The van der Waals surface area contributed by atoms with Crippen molar-refractivity contribution in [2.24, 2.45) is 0 Å². The molecule has 1 aliphatic rings. The molecule has 1 aliphatic heterocycles. The molecule has 1 aromatic carbocycles. The van der Waals surface area contributed by atoms with Gasteiger partial charge >= 0.3 is 11.9 Å². The summed E-state index contributed by atoms with van der Waals surface area (Å²) >= 11 is 2.21. The van der Waals surface area contributed by atoms with Gasteiger partial charge in [0.15, 0.2) is 0 Å². The van der Waals surface area contributed by atoms with Crippen LogP contribution < -0.4 is 0 Å². The molecule has 2 N–H and O–H groups in total. The van der Waals surface area contributed by atoms with E-state index >= 15 is 0 Å². The molecular weight excluding hydrogens is 374 g/mol. The molecule has 0 radical (unpaired) electrons. The Morgan fingerprint density at radius 3 is 2.18 bits per heavy atom. The third-order valence-corrected chi connectivity index (χ3v) is 6.43. The molecule has 0 spiro atoms. The van der Waals surface area contributed by atoms with Gasteiger partial charge < -0.3 is 15.1 Å². The van der Waals surface area contributed by atoms with Crippen LogP contribution in [0.3, 0.4) is 0 Å². The van der Waals surface area contributed by atoms with Crippen molar-refractivity contribution in [3.8, 4) is 0 Å². The summed E-state index contributed by atoms with van der Waals surface area (Å²) in [6.45, 7) is 8.14. The smallest absolute Gasteiger partial charge is 0.328 e. The monoisotopic (exact) mass is 407 g/mol. The highest BCUT2D eigenvalue weighted by Gasteiger charge is 2.25. The van der Waals surface area contributed by atoms with Crippen molar-refractivity contribution < 1.29 is 19.8 Å². The molecule has 0 saturated carbocycles. The first-order chi connectivity index (χ1) is 13.5. The Kier molecular flexibility index (Phi) is 12.3. The highest BCUT2D eigenvalue weighted by Crippen LogP contribution is 2.38. The average molecular weight is 408 g/mol. The van der Waals surface area contributed by atoms with Crippen LogP contribution in [0.25, 0.3) is 0 Å². The van der Waals surface area contributed by atoms with E-state index in [0.29, 0.717) is 12.2 Å². The number of hydrogen-bond acceptors (Lipinski definition) is 4. The number of hydrogen-bond donors (Lipinski definition) is 2. The molecule has 1 heterocycles. The highest BCUT2D eigenvalue weighted by atomic mass is 32.2. The van der Waals surface area contributed by atoms with Gasteiger partial charge in [0.1, 0.15) is 0 Å². The third kappa shape index (κ3) is 9.95. The van der Waals surface area contributed by atoms with Crippen LogP contribution in [0.2, 0.25) is 0 Å². The van der Waals surface area contributed by atoms with Gasteiger partial charge in [0.2, 0.25) is 0 Å². The zero-order valence-corrected chi connectivity index (χ0v) is 17.7. The molecule has 0 aromatic heterocycles. The molecule has 2 unspecified atom stereocenters. The van der Waals surface area contributed by atoms with Gasteiger partial charge in [0.05, 0.1) is 0 Å². The van der Waals surface area contributed by atoms with Crippen molar-refractivity contribution in [2.75, 3.05) is 25.4 Å². The molecule has 156 valence electrons. The van der Waals surface area contributed by atoms with Gasteiger partial charge in [-0.15, -0.1) is 0 Å². The zero-order chi connectivity index (χ0) is 20.8. The summed E-state index contributed by atoms with van der Waals surface area (Å²) in [5.74, 6) is -0.416. The predicted octanol–water partition coefficient (Wildman–Crippen LogP) is 4.50. The summed E-state index contributed by atoms with van der Waals surface area (Å²) in [6, 6.07) is 11.2. The quantitative estimate of drug-likeness (QED) is 0.587. The zero-order valence-electron chi connectivity index (χ0n) is 16.9. The van der Waals surface area contributed by atoms with Gasteiger partial charge in [-0.25, -0.2) is 9.59 Å². The van der Waals surface area contributed by atoms with Crippen LogP contribution in [0.15, 0.2) is 42.5 Å². The molecular formula is C22H33NO4S. The van der Waals surface area contributed by atoms with E-state index in [2.05, 4.69) is 60.8 Å². The summed E-state index contributed by atoms with van der Waals surface area (Å²) in [4.78, 5) is 21.7. The van der Waals surface area contributed by atoms with Crippen molar-refractivity contribution in [1.82, 2.24) is 4.90 Å². The van der Waals surface area contributed by atoms with E-state index < -0.39 is 11.9 Å². The first kappa shape index (κ1) is 24.2. The van der Waals surface area contributed by atoms with Gasteiger partial charge in [-0.05, 0) is 56.1 Å². The number of benzene rings is 1. The molecule has 2 atom stereocenters. The number of rotatable bonds is 9. The highest BCUT2D eigenvalue weighted by molar-refractivity contribution is 8.00. The van der Waals surface area contributed by atoms with Crippen molar-refractivity contribution >= 4 is 23.7 Å². The van der Waals surface area contributed by atoms with E-state index in [1.54, 1.807) is 5.56 Å². The predicted molar refractivity (Wildman–Crippen MR) is 116 cm³/mol. The molecule has 0 bridgehead atoms. The lowest BCUT2D eigenvalue weighted by Gasteiger charge is -2.32. The lowest BCUT2D eigenvalue weighted by Crippen LogP contribution is -2.28. The fourth-order valence-corrected chi connectivity index (χ4v) is 4.89. The second-order valence-electron chi connectivity index (χ2n) is 6.75. The largest absolute Gasteiger partial charge is 0.478 e. The second-order valence-corrected chi connectivity index (χ2v) is 8.09. The number of aliphatic carboxylic acids is 2. The Hall–Kier alpha value is -1.79. The average Bonchev–Trinajstić information content (AvgIpc) is 2.72. The first-order valence-electron chi connectivity index (χ1n) is 10.0. The lowest BCUT2D eigenvalue weighted by molar-refractivity contribution is -0.134. The fourth-order valence-electron chi connectivity index (χ4n) is 3.35. The Balaban J connectivity index is 0.000000416. The van der Waals surface area contributed by atoms with E-state index in [-0.39, 0.29) is 0 Å². The maximum Gasteiger partial charge on any atom is 0.328 e. The molecule has 2 rings (SSSR count). The summed E-state index contributed by atoms with van der Waals surface area (Å²) in [7, 11) is 0. The molecule has 6 heteroatoms. The second kappa shape index (κ2) is 14.2. The number of nitrogens with zero attached hydrogens (tertiary/aromatic N) is 1.